The van der Waals surface area contributed by atoms with Crippen LogP contribution in [-0.2, 0) is 0 Å². The molecule has 0 amide bonds. The van der Waals surface area contributed by atoms with Crippen LogP contribution in [0.5, 0.6) is 5.75 Å². The lowest BCUT2D eigenvalue weighted by Crippen LogP contribution is -1.79. The van der Waals surface area contributed by atoms with E-state index < -0.39 is 5.82 Å². The Morgan fingerprint density at radius 3 is 3.00 bits per heavy atom. The molecule has 0 aliphatic rings. The number of H-pyrrole nitrogens is 1. The van der Waals surface area contributed by atoms with Gasteiger partial charge in [-0.3, -0.25) is 0 Å². The second-order valence-corrected chi connectivity index (χ2v) is 3.26. The molecule has 0 aliphatic carbocycles. The van der Waals surface area contributed by atoms with Crippen molar-refractivity contribution >= 4 is 26.8 Å². The first-order valence-electron chi connectivity index (χ1n) is 3.34. The van der Waals surface area contributed by atoms with Crippen molar-refractivity contribution in [3.8, 4) is 5.75 Å². The van der Waals surface area contributed by atoms with Crippen molar-refractivity contribution in [2.45, 2.75) is 0 Å². The smallest absolute Gasteiger partial charge is 0.167 e. The number of nitrogens with one attached hydrogen (secondary N) is 1. The zero-order valence-electron chi connectivity index (χ0n) is 5.94. The van der Waals surface area contributed by atoms with E-state index in [0.29, 0.717) is 9.99 Å². The van der Waals surface area contributed by atoms with Crippen LogP contribution in [-0.4, -0.2) is 10.1 Å². The Hall–Kier alpha value is -1.03. The van der Waals surface area contributed by atoms with Crippen molar-refractivity contribution in [2.75, 3.05) is 0 Å². The Kier molecular flexibility index (Phi) is 1.58. The van der Waals surface area contributed by atoms with Crippen LogP contribution < -0.4 is 0 Å². The quantitative estimate of drug-likeness (QED) is 0.717. The topological polar surface area (TPSA) is 36.0 Å². The van der Waals surface area contributed by atoms with E-state index in [1.54, 1.807) is 12.3 Å². The first-order valence-corrected chi connectivity index (χ1v) is 4.13. The van der Waals surface area contributed by atoms with Gasteiger partial charge in [-0.1, -0.05) is 0 Å². The minimum absolute atomic E-state index is 0.357. The molecule has 2 nitrogen and oxygen atoms in total. The molecule has 1 aromatic heterocycles. The fraction of sp³-hybridized carbons (Fsp3) is 0. The Bertz CT molecular complexity index is 438. The second-order valence-electron chi connectivity index (χ2n) is 2.46. The SMILES string of the molecule is Oc1c(F)cc2cc[nH]c2c1Br. The third-order valence-corrected chi connectivity index (χ3v) is 2.49. The molecule has 2 aromatic rings. The van der Waals surface area contributed by atoms with Gasteiger partial charge in [0.1, 0.15) is 0 Å². The van der Waals surface area contributed by atoms with Gasteiger partial charge in [0.05, 0.1) is 9.99 Å². The Morgan fingerprint density at radius 2 is 2.25 bits per heavy atom. The summed E-state index contributed by atoms with van der Waals surface area (Å²) in [6.07, 6.45) is 1.69. The van der Waals surface area contributed by atoms with Gasteiger partial charge in [0.15, 0.2) is 11.6 Å². The number of benzene rings is 1. The van der Waals surface area contributed by atoms with Crippen molar-refractivity contribution in [2.24, 2.45) is 0 Å². The zero-order chi connectivity index (χ0) is 8.72. The molecule has 1 aromatic carbocycles. The fourth-order valence-electron chi connectivity index (χ4n) is 1.12. The molecule has 4 heteroatoms. The minimum Gasteiger partial charge on any atom is -0.504 e. The van der Waals surface area contributed by atoms with E-state index in [1.807, 2.05) is 0 Å². The number of hydrogen-bond acceptors (Lipinski definition) is 1. The standard InChI is InChI=1S/C8H5BrFNO/c9-6-7-4(1-2-11-7)3-5(10)8(6)12/h1-3,11-12H. The zero-order valence-corrected chi connectivity index (χ0v) is 7.52. The summed E-state index contributed by atoms with van der Waals surface area (Å²) in [5, 5.41) is 9.91. The van der Waals surface area contributed by atoms with Crippen LogP contribution in [0.4, 0.5) is 4.39 Å². The molecule has 0 radical (unpaired) electrons. The Labute approximate surface area is 76.1 Å². The summed E-state index contributed by atoms with van der Waals surface area (Å²) >= 11 is 3.09. The number of aromatic amines is 1. The summed E-state index contributed by atoms with van der Waals surface area (Å²) in [5.74, 6) is -0.973. The summed E-state index contributed by atoms with van der Waals surface area (Å²) in [7, 11) is 0. The van der Waals surface area contributed by atoms with E-state index >= 15 is 0 Å². The largest absolute Gasteiger partial charge is 0.504 e. The van der Waals surface area contributed by atoms with Gasteiger partial charge >= 0.3 is 0 Å². The van der Waals surface area contributed by atoms with Gasteiger partial charge in [0.25, 0.3) is 0 Å². The van der Waals surface area contributed by atoms with Crippen molar-refractivity contribution in [3.63, 3.8) is 0 Å². The number of fused-ring (bicyclic) bond motifs is 1. The first kappa shape index (κ1) is 7.61. The van der Waals surface area contributed by atoms with Crippen molar-refractivity contribution in [1.29, 1.82) is 0 Å². The van der Waals surface area contributed by atoms with Crippen molar-refractivity contribution in [3.05, 3.63) is 28.6 Å². The van der Waals surface area contributed by atoms with E-state index in [0.717, 1.165) is 5.39 Å². The summed E-state index contributed by atoms with van der Waals surface area (Å²) in [4.78, 5) is 2.88. The molecule has 0 saturated heterocycles. The maximum absolute atomic E-state index is 12.9. The molecule has 0 unspecified atom stereocenters. The van der Waals surface area contributed by atoms with Crippen LogP contribution >= 0.6 is 15.9 Å². The molecule has 1 heterocycles. The van der Waals surface area contributed by atoms with Crippen molar-refractivity contribution < 1.29 is 9.50 Å². The molecule has 12 heavy (non-hydrogen) atoms. The normalized spacial score (nSPS) is 10.8. The third-order valence-electron chi connectivity index (χ3n) is 1.72. The predicted octanol–water partition coefficient (Wildman–Crippen LogP) is 2.78. The van der Waals surface area contributed by atoms with Gasteiger partial charge in [-0.05, 0) is 28.1 Å². The molecule has 0 saturated carbocycles. The fourth-order valence-corrected chi connectivity index (χ4v) is 1.65. The molecular formula is C8H5BrFNO. The Balaban J connectivity index is 2.94. The van der Waals surface area contributed by atoms with E-state index in [1.165, 1.54) is 6.07 Å². The molecule has 2 rings (SSSR count). The number of halogens is 2. The molecule has 0 bridgehead atoms. The highest BCUT2D eigenvalue weighted by Gasteiger charge is 2.10. The van der Waals surface area contributed by atoms with Gasteiger partial charge in [-0.2, -0.15) is 0 Å². The summed E-state index contributed by atoms with van der Waals surface area (Å²) in [5.41, 5.74) is 0.703. The molecule has 0 atom stereocenters. The first-order chi connectivity index (χ1) is 5.70. The van der Waals surface area contributed by atoms with Gasteiger partial charge in [-0.15, -0.1) is 0 Å². The third kappa shape index (κ3) is 0.914. The van der Waals surface area contributed by atoms with Crippen LogP contribution in [0.2, 0.25) is 0 Å². The molecule has 62 valence electrons. The van der Waals surface area contributed by atoms with Crippen LogP contribution in [0, 0.1) is 5.82 Å². The van der Waals surface area contributed by atoms with E-state index in [-0.39, 0.29) is 5.75 Å². The summed E-state index contributed by atoms with van der Waals surface area (Å²) in [6, 6.07) is 3.02. The maximum Gasteiger partial charge on any atom is 0.167 e. The van der Waals surface area contributed by atoms with E-state index in [2.05, 4.69) is 20.9 Å². The number of aromatic hydroxyl groups is 1. The lowest BCUT2D eigenvalue weighted by atomic mass is 10.2. The second kappa shape index (κ2) is 2.48. The average molecular weight is 230 g/mol. The Morgan fingerprint density at radius 1 is 1.50 bits per heavy atom. The maximum atomic E-state index is 12.9. The number of rotatable bonds is 0. The predicted molar refractivity (Wildman–Crippen MR) is 47.6 cm³/mol. The van der Waals surface area contributed by atoms with Crippen molar-refractivity contribution in [1.82, 2.24) is 4.98 Å². The number of hydrogen-bond donors (Lipinski definition) is 2. The highest BCUT2D eigenvalue weighted by atomic mass is 79.9. The van der Waals surface area contributed by atoms with E-state index in [4.69, 9.17) is 0 Å². The highest BCUT2D eigenvalue weighted by Crippen LogP contribution is 2.33. The van der Waals surface area contributed by atoms with Crippen LogP contribution in [0.15, 0.2) is 22.8 Å². The molecular weight excluding hydrogens is 225 g/mol. The monoisotopic (exact) mass is 229 g/mol. The van der Waals surface area contributed by atoms with Gasteiger partial charge in [0, 0.05) is 11.6 Å². The highest BCUT2D eigenvalue weighted by molar-refractivity contribution is 9.10. The summed E-state index contributed by atoms with van der Waals surface area (Å²) < 4.78 is 13.3. The average Bonchev–Trinajstić information content (AvgIpc) is 2.48. The minimum atomic E-state index is -0.617. The lowest BCUT2D eigenvalue weighted by molar-refractivity contribution is 0.430. The van der Waals surface area contributed by atoms with Crippen LogP contribution in [0.1, 0.15) is 0 Å². The van der Waals surface area contributed by atoms with E-state index in [9.17, 15) is 9.50 Å². The molecule has 0 aliphatic heterocycles. The lowest BCUT2D eigenvalue weighted by Gasteiger charge is -1.99. The van der Waals surface area contributed by atoms with Crippen LogP contribution in [0.3, 0.4) is 0 Å². The number of phenolic OH excluding ortho intramolecular Hbond substituents is 1. The number of aromatic nitrogens is 1. The van der Waals surface area contributed by atoms with Gasteiger partial charge in [0.2, 0.25) is 0 Å². The van der Waals surface area contributed by atoms with Gasteiger partial charge in [-0.25, -0.2) is 4.39 Å². The number of phenols is 1. The molecule has 0 spiro atoms. The molecule has 0 fully saturated rings. The summed E-state index contributed by atoms with van der Waals surface area (Å²) in [6.45, 7) is 0. The van der Waals surface area contributed by atoms with Gasteiger partial charge < -0.3 is 10.1 Å². The van der Waals surface area contributed by atoms with Crippen LogP contribution in [0.25, 0.3) is 10.9 Å². The molecule has 2 N–H and O–H groups in total.